The van der Waals surface area contributed by atoms with E-state index in [0.717, 1.165) is 31.3 Å². The Morgan fingerprint density at radius 3 is 2.94 bits per heavy atom. The number of aromatic nitrogens is 1. The molecular weight excluding hydrogens is 200 g/mol. The average molecular weight is 220 g/mol. The number of nitrogens with one attached hydrogen (secondary N) is 1. The van der Waals surface area contributed by atoms with E-state index in [-0.39, 0.29) is 0 Å². The zero-order valence-corrected chi connectivity index (χ0v) is 9.74. The highest BCUT2D eigenvalue weighted by Crippen LogP contribution is 2.33. The predicted octanol–water partition coefficient (Wildman–Crippen LogP) is 2.48. The van der Waals surface area contributed by atoms with Crippen LogP contribution in [0.3, 0.4) is 0 Å². The summed E-state index contributed by atoms with van der Waals surface area (Å²) in [6.07, 6.45) is 9.50. The minimum Gasteiger partial charge on any atom is -0.449 e. The van der Waals surface area contributed by atoms with Crippen molar-refractivity contribution in [3.05, 3.63) is 17.8 Å². The van der Waals surface area contributed by atoms with E-state index in [1.54, 1.807) is 0 Å². The maximum atomic E-state index is 5.60. The quantitative estimate of drug-likeness (QED) is 0.850. The van der Waals surface area contributed by atoms with Gasteiger partial charge < -0.3 is 9.73 Å². The van der Waals surface area contributed by atoms with Crippen LogP contribution >= 0.6 is 0 Å². The van der Waals surface area contributed by atoms with Gasteiger partial charge in [-0.1, -0.05) is 12.8 Å². The molecule has 0 radical (unpaired) electrons. The summed E-state index contributed by atoms with van der Waals surface area (Å²) in [6, 6.07) is 0. The van der Waals surface area contributed by atoms with Crippen molar-refractivity contribution < 1.29 is 4.42 Å². The average Bonchev–Trinajstić information content (AvgIpc) is 2.99. The Bertz CT molecular complexity index is 335. The molecule has 2 heterocycles. The molecule has 0 amide bonds. The third-order valence-electron chi connectivity index (χ3n) is 3.97. The van der Waals surface area contributed by atoms with Crippen LogP contribution in [-0.4, -0.2) is 18.1 Å². The molecular formula is C13H20N2O. The van der Waals surface area contributed by atoms with Crippen molar-refractivity contribution in [1.82, 2.24) is 10.3 Å². The highest BCUT2D eigenvalue weighted by atomic mass is 16.3. The van der Waals surface area contributed by atoms with Crippen LogP contribution in [0.1, 0.15) is 49.6 Å². The number of rotatable bonds is 3. The summed E-state index contributed by atoms with van der Waals surface area (Å²) in [5, 5.41) is 3.39. The van der Waals surface area contributed by atoms with Crippen LogP contribution in [0.4, 0.5) is 0 Å². The van der Waals surface area contributed by atoms with Crippen molar-refractivity contribution >= 4 is 0 Å². The van der Waals surface area contributed by atoms with Gasteiger partial charge in [0.05, 0.1) is 5.69 Å². The molecule has 1 aliphatic carbocycles. The molecule has 3 heteroatoms. The molecule has 88 valence electrons. The molecule has 1 N–H and O–H groups in total. The summed E-state index contributed by atoms with van der Waals surface area (Å²) >= 11 is 0. The molecule has 1 aromatic heterocycles. The number of hydrogen-bond donors (Lipinski definition) is 1. The van der Waals surface area contributed by atoms with Gasteiger partial charge in [0.25, 0.3) is 0 Å². The zero-order valence-electron chi connectivity index (χ0n) is 9.74. The summed E-state index contributed by atoms with van der Waals surface area (Å²) in [6.45, 7) is 2.28. The standard InChI is InChI=1S/C13H20N2O/c1-2-4-11(3-1)12-9-16-13(15-12)7-10-5-6-14-8-10/h9-11,14H,1-8H2. The fourth-order valence-corrected chi connectivity index (χ4v) is 2.96. The lowest BCUT2D eigenvalue weighted by Crippen LogP contribution is -2.10. The number of hydrogen-bond acceptors (Lipinski definition) is 3. The van der Waals surface area contributed by atoms with Gasteiger partial charge in [-0.2, -0.15) is 0 Å². The van der Waals surface area contributed by atoms with E-state index in [9.17, 15) is 0 Å². The smallest absolute Gasteiger partial charge is 0.194 e. The summed E-state index contributed by atoms with van der Waals surface area (Å²) in [7, 11) is 0. The fourth-order valence-electron chi connectivity index (χ4n) is 2.96. The Morgan fingerprint density at radius 1 is 1.31 bits per heavy atom. The van der Waals surface area contributed by atoms with Crippen LogP contribution in [0.15, 0.2) is 10.7 Å². The van der Waals surface area contributed by atoms with Crippen LogP contribution in [-0.2, 0) is 6.42 Å². The van der Waals surface area contributed by atoms with Gasteiger partial charge in [0, 0.05) is 12.3 Å². The molecule has 2 fully saturated rings. The second kappa shape index (κ2) is 4.58. The van der Waals surface area contributed by atoms with Crippen LogP contribution in [0.25, 0.3) is 0 Å². The summed E-state index contributed by atoms with van der Waals surface area (Å²) in [5.41, 5.74) is 1.21. The molecule has 1 unspecified atom stereocenters. The van der Waals surface area contributed by atoms with E-state index < -0.39 is 0 Å². The Kier molecular flexibility index (Phi) is 2.96. The molecule has 0 aromatic carbocycles. The van der Waals surface area contributed by atoms with E-state index >= 15 is 0 Å². The minimum absolute atomic E-state index is 0.680. The molecule has 1 saturated carbocycles. The Hall–Kier alpha value is -0.830. The number of oxazole rings is 1. The van der Waals surface area contributed by atoms with E-state index in [2.05, 4.69) is 10.3 Å². The van der Waals surface area contributed by atoms with Gasteiger partial charge in [-0.25, -0.2) is 4.98 Å². The minimum atomic E-state index is 0.680. The first kappa shape index (κ1) is 10.3. The van der Waals surface area contributed by atoms with E-state index in [1.807, 2.05) is 6.26 Å². The predicted molar refractivity (Wildman–Crippen MR) is 62.4 cm³/mol. The first-order chi connectivity index (χ1) is 7.92. The highest BCUT2D eigenvalue weighted by molar-refractivity contribution is 5.06. The maximum absolute atomic E-state index is 5.60. The Balaban J connectivity index is 1.62. The second-order valence-electron chi connectivity index (χ2n) is 5.21. The summed E-state index contributed by atoms with van der Waals surface area (Å²) in [5.74, 6) is 2.37. The molecule has 1 atom stereocenters. The zero-order chi connectivity index (χ0) is 10.8. The first-order valence-electron chi connectivity index (χ1n) is 6.57. The molecule has 1 aromatic rings. The van der Waals surface area contributed by atoms with Gasteiger partial charge in [-0.3, -0.25) is 0 Å². The maximum Gasteiger partial charge on any atom is 0.194 e. The van der Waals surface area contributed by atoms with Crippen LogP contribution < -0.4 is 5.32 Å². The lowest BCUT2D eigenvalue weighted by atomic mass is 10.0. The van der Waals surface area contributed by atoms with E-state index in [4.69, 9.17) is 4.42 Å². The first-order valence-corrected chi connectivity index (χ1v) is 6.57. The van der Waals surface area contributed by atoms with Gasteiger partial charge in [0.2, 0.25) is 0 Å². The monoisotopic (exact) mass is 220 g/mol. The van der Waals surface area contributed by atoms with Crippen molar-refractivity contribution in [1.29, 1.82) is 0 Å². The van der Waals surface area contributed by atoms with Gasteiger partial charge in [-0.15, -0.1) is 0 Å². The van der Waals surface area contributed by atoms with Gasteiger partial charge in [0.15, 0.2) is 5.89 Å². The van der Waals surface area contributed by atoms with Crippen molar-refractivity contribution in [2.45, 2.75) is 44.4 Å². The third kappa shape index (κ3) is 2.14. The molecule has 2 aliphatic rings. The van der Waals surface area contributed by atoms with Crippen molar-refractivity contribution in [2.75, 3.05) is 13.1 Å². The Labute approximate surface area is 96.6 Å². The molecule has 16 heavy (non-hydrogen) atoms. The van der Waals surface area contributed by atoms with Crippen molar-refractivity contribution in [3.63, 3.8) is 0 Å². The molecule has 1 aliphatic heterocycles. The highest BCUT2D eigenvalue weighted by Gasteiger charge is 2.22. The lowest BCUT2D eigenvalue weighted by molar-refractivity contribution is 0.442. The van der Waals surface area contributed by atoms with Gasteiger partial charge in [-0.05, 0) is 38.3 Å². The second-order valence-corrected chi connectivity index (χ2v) is 5.21. The Morgan fingerprint density at radius 2 is 2.19 bits per heavy atom. The molecule has 1 saturated heterocycles. The largest absolute Gasteiger partial charge is 0.449 e. The molecule has 0 spiro atoms. The van der Waals surface area contributed by atoms with Gasteiger partial charge in [0.1, 0.15) is 6.26 Å². The molecule has 0 bridgehead atoms. The van der Waals surface area contributed by atoms with Gasteiger partial charge >= 0.3 is 0 Å². The topological polar surface area (TPSA) is 38.1 Å². The summed E-state index contributed by atoms with van der Waals surface area (Å²) in [4.78, 5) is 4.66. The van der Waals surface area contributed by atoms with Crippen molar-refractivity contribution in [2.24, 2.45) is 5.92 Å². The van der Waals surface area contributed by atoms with E-state index in [0.29, 0.717) is 5.92 Å². The number of nitrogens with zero attached hydrogens (tertiary/aromatic N) is 1. The lowest BCUT2D eigenvalue weighted by Gasteiger charge is -2.04. The normalized spacial score (nSPS) is 26.6. The third-order valence-corrected chi connectivity index (χ3v) is 3.97. The van der Waals surface area contributed by atoms with Crippen LogP contribution in [0.2, 0.25) is 0 Å². The molecule has 3 nitrogen and oxygen atoms in total. The SMILES string of the molecule is c1oc(CC2CCNC2)nc1C1CCCC1. The summed E-state index contributed by atoms with van der Waals surface area (Å²) < 4.78 is 5.60. The fraction of sp³-hybridized carbons (Fsp3) is 0.769. The van der Waals surface area contributed by atoms with Crippen LogP contribution in [0.5, 0.6) is 0 Å². The van der Waals surface area contributed by atoms with E-state index in [1.165, 1.54) is 37.8 Å². The van der Waals surface area contributed by atoms with Crippen molar-refractivity contribution in [3.8, 4) is 0 Å². The molecule has 3 rings (SSSR count). The van der Waals surface area contributed by atoms with Crippen LogP contribution in [0, 0.1) is 5.92 Å².